The van der Waals surface area contributed by atoms with Gasteiger partial charge in [0, 0.05) is 29.5 Å². The van der Waals surface area contributed by atoms with Crippen molar-refractivity contribution < 1.29 is 4.74 Å². The lowest BCUT2D eigenvalue weighted by Gasteiger charge is -2.29. The van der Waals surface area contributed by atoms with Gasteiger partial charge in [-0.05, 0) is 92.3 Å². The van der Waals surface area contributed by atoms with E-state index >= 15 is 0 Å². The van der Waals surface area contributed by atoms with E-state index < -0.39 is 0 Å². The standard InChI is InChI=1S/C27H26N4OS/c1-3-32-22-14-12-20(13-15-22)30-17-7-11-24(30)26-25(23-10-4-5-16-28-23)29-27(33)31(26)21-9-6-8-19(2)18-21/h4-18,25-26H,3H2,1-2H3,(H,29,33)/t25-,26+/m0/s1. The van der Waals surface area contributed by atoms with Crippen LogP contribution in [0.1, 0.15) is 36.0 Å². The van der Waals surface area contributed by atoms with Gasteiger partial charge in [0.15, 0.2) is 5.11 Å². The second-order valence-corrected chi connectivity index (χ2v) is 8.45. The molecule has 0 radical (unpaired) electrons. The molecule has 0 amide bonds. The van der Waals surface area contributed by atoms with Crippen molar-refractivity contribution in [2.75, 3.05) is 11.5 Å². The summed E-state index contributed by atoms with van der Waals surface area (Å²) >= 11 is 5.86. The first kappa shape index (κ1) is 21.2. The molecule has 0 spiro atoms. The van der Waals surface area contributed by atoms with E-state index in [-0.39, 0.29) is 12.1 Å². The molecule has 3 heterocycles. The molecular weight excluding hydrogens is 428 g/mol. The third-order valence-corrected chi connectivity index (χ3v) is 6.20. The van der Waals surface area contributed by atoms with Crippen LogP contribution in [0.25, 0.3) is 5.69 Å². The molecule has 1 fully saturated rings. The summed E-state index contributed by atoms with van der Waals surface area (Å²) in [4.78, 5) is 6.87. The number of hydrogen-bond acceptors (Lipinski definition) is 3. The number of rotatable bonds is 6. The quantitative estimate of drug-likeness (QED) is 0.376. The summed E-state index contributed by atoms with van der Waals surface area (Å²) in [6, 6.07) is 26.7. The highest BCUT2D eigenvalue weighted by atomic mass is 32.1. The van der Waals surface area contributed by atoms with E-state index in [1.54, 1.807) is 0 Å². The Balaban J connectivity index is 1.62. The summed E-state index contributed by atoms with van der Waals surface area (Å²) in [5.41, 5.74) is 5.41. The molecule has 5 nitrogen and oxygen atoms in total. The van der Waals surface area contributed by atoms with Gasteiger partial charge in [0.05, 0.1) is 18.3 Å². The Hall–Kier alpha value is -3.64. The fourth-order valence-corrected chi connectivity index (χ4v) is 4.80. The van der Waals surface area contributed by atoms with Gasteiger partial charge in [-0.25, -0.2) is 0 Å². The SMILES string of the molecule is CCOc1ccc(-n2cccc2[C@@H]2[C@H](c3ccccn3)NC(=S)N2c2cccc(C)c2)cc1. The average Bonchev–Trinajstić information content (AvgIpc) is 3.44. The predicted octanol–water partition coefficient (Wildman–Crippen LogP) is 5.76. The van der Waals surface area contributed by atoms with Gasteiger partial charge < -0.3 is 19.5 Å². The Morgan fingerprint density at radius 1 is 0.970 bits per heavy atom. The van der Waals surface area contributed by atoms with E-state index in [0.717, 1.165) is 28.5 Å². The second-order valence-electron chi connectivity index (χ2n) is 8.07. The Morgan fingerprint density at radius 3 is 2.55 bits per heavy atom. The minimum Gasteiger partial charge on any atom is -0.494 e. The summed E-state index contributed by atoms with van der Waals surface area (Å²) in [7, 11) is 0. The van der Waals surface area contributed by atoms with Crippen LogP contribution in [0.5, 0.6) is 5.75 Å². The lowest BCUT2D eigenvalue weighted by Crippen LogP contribution is -2.30. The Morgan fingerprint density at radius 2 is 1.82 bits per heavy atom. The molecule has 1 aliphatic heterocycles. The number of anilines is 1. The largest absolute Gasteiger partial charge is 0.494 e. The normalized spacial score (nSPS) is 17.8. The fourth-order valence-electron chi connectivity index (χ4n) is 4.45. The number of thiocarbonyl (C=S) groups is 1. The molecule has 1 saturated heterocycles. The number of hydrogen-bond donors (Lipinski definition) is 1. The highest BCUT2D eigenvalue weighted by Crippen LogP contribution is 2.42. The smallest absolute Gasteiger partial charge is 0.174 e. The summed E-state index contributed by atoms with van der Waals surface area (Å²) in [6.45, 7) is 4.74. The lowest BCUT2D eigenvalue weighted by molar-refractivity contribution is 0.340. The molecule has 1 N–H and O–H groups in total. The van der Waals surface area contributed by atoms with Crippen LogP contribution < -0.4 is 15.0 Å². The molecule has 5 rings (SSSR count). The summed E-state index contributed by atoms with van der Waals surface area (Å²) in [5, 5.41) is 4.24. The van der Waals surface area contributed by atoms with Crippen LogP contribution in [0.3, 0.4) is 0 Å². The Labute approximate surface area is 199 Å². The van der Waals surface area contributed by atoms with Crippen molar-refractivity contribution in [3.8, 4) is 11.4 Å². The van der Waals surface area contributed by atoms with Crippen molar-refractivity contribution in [3.63, 3.8) is 0 Å². The topological polar surface area (TPSA) is 42.3 Å². The van der Waals surface area contributed by atoms with Crippen molar-refractivity contribution in [3.05, 3.63) is 108 Å². The van der Waals surface area contributed by atoms with Gasteiger partial charge in [-0.3, -0.25) is 4.98 Å². The van der Waals surface area contributed by atoms with Crippen LogP contribution >= 0.6 is 12.2 Å². The molecule has 0 aliphatic carbocycles. The van der Waals surface area contributed by atoms with Crippen LogP contribution in [0.4, 0.5) is 5.69 Å². The summed E-state index contributed by atoms with van der Waals surface area (Å²) in [5.74, 6) is 0.867. The maximum Gasteiger partial charge on any atom is 0.174 e. The zero-order chi connectivity index (χ0) is 22.8. The highest BCUT2D eigenvalue weighted by molar-refractivity contribution is 7.80. The molecule has 2 atom stereocenters. The Bertz CT molecular complexity index is 1250. The zero-order valence-electron chi connectivity index (χ0n) is 18.7. The molecule has 0 unspecified atom stereocenters. The molecule has 1 aliphatic rings. The van der Waals surface area contributed by atoms with Gasteiger partial charge in [0.1, 0.15) is 11.8 Å². The van der Waals surface area contributed by atoms with Crippen molar-refractivity contribution >= 4 is 23.0 Å². The van der Waals surface area contributed by atoms with Gasteiger partial charge >= 0.3 is 0 Å². The van der Waals surface area contributed by atoms with E-state index in [1.165, 1.54) is 5.56 Å². The van der Waals surface area contributed by atoms with Crippen LogP contribution in [-0.2, 0) is 0 Å². The molecule has 2 aromatic carbocycles. The van der Waals surface area contributed by atoms with Crippen molar-refractivity contribution in [2.45, 2.75) is 25.9 Å². The first-order valence-electron chi connectivity index (χ1n) is 11.1. The van der Waals surface area contributed by atoms with E-state index in [2.05, 4.69) is 87.5 Å². The zero-order valence-corrected chi connectivity index (χ0v) is 19.5. The lowest BCUT2D eigenvalue weighted by atomic mass is 10.0. The Kier molecular flexibility index (Phi) is 5.84. The van der Waals surface area contributed by atoms with E-state index in [1.807, 2.05) is 37.4 Å². The van der Waals surface area contributed by atoms with Crippen LogP contribution in [-0.4, -0.2) is 21.3 Å². The number of benzene rings is 2. The first-order chi connectivity index (χ1) is 16.2. The molecule has 2 aromatic heterocycles. The number of nitrogens with zero attached hydrogens (tertiary/aromatic N) is 3. The van der Waals surface area contributed by atoms with Crippen LogP contribution in [0.15, 0.2) is 91.3 Å². The molecule has 33 heavy (non-hydrogen) atoms. The molecule has 0 bridgehead atoms. The number of aryl methyl sites for hydroxylation is 1. The average molecular weight is 455 g/mol. The van der Waals surface area contributed by atoms with Gasteiger partial charge in [-0.2, -0.15) is 0 Å². The van der Waals surface area contributed by atoms with E-state index in [0.29, 0.717) is 11.7 Å². The summed E-state index contributed by atoms with van der Waals surface area (Å²) in [6.07, 6.45) is 3.92. The monoisotopic (exact) mass is 454 g/mol. The number of nitrogens with one attached hydrogen (secondary N) is 1. The second kappa shape index (κ2) is 9.08. The number of ether oxygens (including phenoxy) is 1. The maximum absolute atomic E-state index is 5.86. The molecule has 166 valence electrons. The minimum absolute atomic E-state index is 0.0734. The van der Waals surface area contributed by atoms with Crippen molar-refractivity contribution in [1.82, 2.24) is 14.9 Å². The molecule has 0 saturated carbocycles. The maximum atomic E-state index is 5.86. The minimum atomic E-state index is -0.0874. The van der Waals surface area contributed by atoms with E-state index in [9.17, 15) is 0 Å². The third kappa shape index (κ3) is 4.10. The number of aromatic nitrogens is 2. The van der Waals surface area contributed by atoms with Gasteiger partial charge in [0.2, 0.25) is 0 Å². The fraction of sp³-hybridized carbons (Fsp3) is 0.185. The third-order valence-electron chi connectivity index (χ3n) is 5.89. The highest BCUT2D eigenvalue weighted by Gasteiger charge is 2.42. The van der Waals surface area contributed by atoms with Gasteiger partial charge in [-0.1, -0.05) is 18.2 Å². The van der Waals surface area contributed by atoms with Crippen molar-refractivity contribution in [2.24, 2.45) is 0 Å². The van der Waals surface area contributed by atoms with Gasteiger partial charge in [0.25, 0.3) is 0 Å². The van der Waals surface area contributed by atoms with E-state index in [4.69, 9.17) is 17.0 Å². The van der Waals surface area contributed by atoms with Gasteiger partial charge in [-0.15, -0.1) is 0 Å². The van der Waals surface area contributed by atoms with Crippen molar-refractivity contribution in [1.29, 1.82) is 0 Å². The molecule has 4 aromatic rings. The molecule has 6 heteroatoms. The number of pyridine rings is 1. The van der Waals surface area contributed by atoms with Crippen LogP contribution in [0, 0.1) is 6.92 Å². The first-order valence-corrected chi connectivity index (χ1v) is 11.5. The predicted molar refractivity (Wildman–Crippen MR) is 136 cm³/mol. The van der Waals surface area contributed by atoms with Crippen LogP contribution in [0.2, 0.25) is 0 Å². The molecular formula is C27H26N4OS. The summed E-state index contributed by atoms with van der Waals surface area (Å²) < 4.78 is 7.85.